The van der Waals surface area contributed by atoms with E-state index in [0.29, 0.717) is 11.6 Å². The van der Waals surface area contributed by atoms with E-state index in [1.54, 1.807) is 6.26 Å². The molecule has 0 aliphatic heterocycles. The number of carbonyl (C=O) groups is 3. The zero-order valence-corrected chi connectivity index (χ0v) is 13.7. The van der Waals surface area contributed by atoms with Crippen molar-refractivity contribution in [2.45, 2.75) is 5.75 Å². The number of aromatic nitrogens is 2. The van der Waals surface area contributed by atoms with Crippen molar-refractivity contribution in [3.05, 3.63) is 57.3 Å². The van der Waals surface area contributed by atoms with E-state index < -0.39 is 23.4 Å². The predicted molar refractivity (Wildman–Crippen MR) is 90.4 cm³/mol. The van der Waals surface area contributed by atoms with E-state index in [-0.39, 0.29) is 22.5 Å². The molecule has 0 saturated heterocycles. The maximum Gasteiger partial charge on any atom is 0.335 e. The number of nitrogens with zero attached hydrogens (tertiary/aromatic N) is 1. The molecular weight excluding hydrogens is 350 g/mol. The highest BCUT2D eigenvalue weighted by atomic mass is 32.2. The zero-order valence-electron chi connectivity index (χ0n) is 12.9. The maximum absolute atomic E-state index is 12.3. The smallest absolute Gasteiger partial charge is 0.335 e. The van der Waals surface area contributed by atoms with Crippen LogP contribution in [0.1, 0.15) is 37.0 Å². The average molecular weight is 363 g/mol. The van der Waals surface area contributed by atoms with Crippen LogP contribution in [-0.2, 0) is 5.75 Å². The van der Waals surface area contributed by atoms with E-state index in [1.807, 2.05) is 0 Å². The highest BCUT2D eigenvalue weighted by molar-refractivity contribution is 7.97. The fourth-order valence-corrected chi connectivity index (χ4v) is 2.38. The first-order valence-corrected chi connectivity index (χ1v) is 8.21. The van der Waals surface area contributed by atoms with Crippen LogP contribution in [-0.4, -0.2) is 44.3 Å². The molecule has 0 bridgehead atoms. The van der Waals surface area contributed by atoms with Gasteiger partial charge in [-0.15, -0.1) is 0 Å². The van der Waals surface area contributed by atoms with Crippen LogP contribution in [0.5, 0.6) is 0 Å². The monoisotopic (exact) mass is 363 g/mol. The summed E-state index contributed by atoms with van der Waals surface area (Å²) < 4.78 is 0. The number of carboxylic acid groups (broad SMARTS) is 2. The van der Waals surface area contributed by atoms with Gasteiger partial charge in [0.15, 0.2) is 0 Å². The molecule has 0 fully saturated rings. The van der Waals surface area contributed by atoms with Crippen molar-refractivity contribution in [2.24, 2.45) is 0 Å². The zero-order chi connectivity index (χ0) is 18.6. The summed E-state index contributed by atoms with van der Waals surface area (Å²) in [6.45, 7) is 0. The lowest BCUT2D eigenvalue weighted by atomic mass is 10.1. The molecule has 25 heavy (non-hydrogen) atoms. The molecule has 4 N–H and O–H groups in total. The Morgan fingerprint density at radius 2 is 1.72 bits per heavy atom. The fourth-order valence-electron chi connectivity index (χ4n) is 1.97. The van der Waals surface area contributed by atoms with Crippen molar-refractivity contribution in [3.63, 3.8) is 0 Å². The van der Waals surface area contributed by atoms with Gasteiger partial charge in [0.1, 0.15) is 11.5 Å². The quantitative estimate of drug-likeness (QED) is 0.599. The number of aromatic carboxylic acids is 2. The van der Waals surface area contributed by atoms with Gasteiger partial charge in [0.2, 0.25) is 0 Å². The van der Waals surface area contributed by atoms with Gasteiger partial charge >= 0.3 is 11.9 Å². The van der Waals surface area contributed by atoms with Crippen molar-refractivity contribution >= 4 is 35.3 Å². The summed E-state index contributed by atoms with van der Waals surface area (Å²) >= 11 is 1.40. The van der Waals surface area contributed by atoms with E-state index in [0.717, 1.165) is 24.3 Å². The Kier molecular flexibility index (Phi) is 5.55. The Labute approximate surface area is 145 Å². The lowest BCUT2D eigenvalue weighted by Crippen LogP contribution is -2.20. The van der Waals surface area contributed by atoms with Crippen molar-refractivity contribution in [3.8, 4) is 0 Å². The fraction of sp³-hybridized carbons (Fsp3) is 0.133. The Morgan fingerprint density at radius 1 is 1.12 bits per heavy atom. The predicted octanol–water partition coefficient (Wildman–Crippen LogP) is 1.28. The van der Waals surface area contributed by atoms with E-state index in [9.17, 15) is 19.2 Å². The van der Waals surface area contributed by atoms with Gasteiger partial charge in [0, 0.05) is 11.8 Å². The molecule has 0 unspecified atom stereocenters. The molecule has 1 aromatic carbocycles. The number of amides is 1. The van der Waals surface area contributed by atoms with Crippen LogP contribution >= 0.6 is 11.8 Å². The number of hydrogen-bond acceptors (Lipinski definition) is 6. The minimum absolute atomic E-state index is 0.0317. The number of aromatic amines is 1. The number of anilines is 1. The SMILES string of the molecule is CSCc1nc(C(=O)Nc2cc(C(=O)O)cc(C(=O)O)c2)cc(=O)[nH]1. The second-order valence-corrected chi connectivity index (χ2v) is 5.74. The maximum atomic E-state index is 12.3. The Morgan fingerprint density at radius 3 is 2.24 bits per heavy atom. The summed E-state index contributed by atoms with van der Waals surface area (Å²) in [7, 11) is 0. The van der Waals surface area contributed by atoms with Crippen molar-refractivity contribution in [1.82, 2.24) is 9.97 Å². The number of hydrogen-bond donors (Lipinski definition) is 4. The second kappa shape index (κ2) is 7.62. The number of nitrogens with one attached hydrogen (secondary N) is 2. The topological polar surface area (TPSA) is 149 Å². The third kappa shape index (κ3) is 4.67. The summed E-state index contributed by atoms with van der Waals surface area (Å²) in [5.41, 5.74) is -1.29. The molecule has 9 nitrogen and oxygen atoms in total. The molecule has 130 valence electrons. The van der Waals surface area contributed by atoms with E-state index >= 15 is 0 Å². The van der Waals surface area contributed by atoms with Gasteiger partial charge in [-0.25, -0.2) is 14.6 Å². The van der Waals surface area contributed by atoms with Gasteiger partial charge in [-0.05, 0) is 24.5 Å². The normalized spacial score (nSPS) is 10.3. The molecule has 1 amide bonds. The van der Waals surface area contributed by atoms with Crippen molar-refractivity contribution < 1.29 is 24.6 Å². The number of carboxylic acids is 2. The van der Waals surface area contributed by atoms with Crippen molar-refractivity contribution in [1.29, 1.82) is 0 Å². The largest absolute Gasteiger partial charge is 0.478 e. The number of carbonyl (C=O) groups excluding carboxylic acids is 1. The Bertz CT molecular complexity index is 876. The second-order valence-electron chi connectivity index (χ2n) is 4.87. The minimum Gasteiger partial charge on any atom is -0.478 e. The van der Waals surface area contributed by atoms with Gasteiger partial charge in [-0.2, -0.15) is 11.8 Å². The molecule has 0 aliphatic carbocycles. The first-order chi connectivity index (χ1) is 11.8. The Hall–Kier alpha value is -3.14. The minimum atomic E-state index is -1.34. The van der Waals surface area contributed by atoms with Crippen molar-refractivity contribution in [2.75, 3.05) is 11.6 Å². The summed E-state index contributed by atoms with van der Waals surface area (Å²) in [5.74, 6) is -2.72. The molecule has 0 saturated carbocycles. The highest BCUT2D eigenvalue weighted by Gasteiger charge is 2.15. The molecule has 10 heteroatoms. The van der Waals surface area contributed by atoms with E-state index in [2.05, 4.69) is 15.3 Å². The summed E-state index contributed by atoms with van der Waals surface area (Å²) in [4.78, 5) is 52.5. The molecular formula is C15H13N3O6S. The van der Waals surface area contributed by atoms with Crippen LogP contribution in [0.15, 0.2) is 29.1 Å². The summed E-state index contributed by atoms with van der Waals surface area (Å²) in [5, 5.41) is 20.4. The van der Waals surface area contributed by atoms with Gasteiger partial charge in [-0.1, -0.05) is 0 Å². The first kappa shape index (κ1) is 18.2. The Balaban J connectivity index is 2.36. The number of H-pyrrole nitrogens is 1. The van der Waals surface area contributed by atoms with Crippen LogP contribution in [0.4, 0.5) is 5.69 Å². The standard InChI is InChI=1S/C15H13N3O6S/c1-25-6-11-17-10(5-12(19)18-11)13(20)16-9-3-7(14(21)22)2-8(4-9)15(23)24/h2-5H,6H2,1H3,(H,16,20)(H,21,22)(H,23,24)(H,17,18,19). The van der Waals surface area contributed by atoms with Gasteiger partial charge in [0.05, 0.1) is 16.9 Å². The van der Waals surface area contributed by atoms with E-state index in [4.69, 9.17) is 10.2 Å². The van der Waals surface area contributed by atoms with Gasteiger partial charge < -0.3 is 20.5 Å². The number of rotatable bonds is 6. The molecule has 0 spiro atoms. The average Bonchev–Trinajstić information content (AvgIpc) is 2.54. The molecule has 2 rings (SSSR count). The summed E-state index contributed by atoms with van der Waals surface area (Å²) in [6.07, 6.45) is 1.80. The first-order valence-electron chi connectivity index (χ1n) is 6.82. The lowest BCUT2D eigenvalue weighted by molar-refractivity contribution is 0.0696. The van der Waals surface area contributed by atoms with Crippen LogP contribution in [0.3, 0.4) is 0 Å². The van der Waals surface area contributed by atoms with Crippen LogP contribution in [0.25, 0.3) is 0 Å². The molecule has 1 aromatic heterocycles. The van der Waals surface area contributed by atoms with Gasteiger partial charge in [-0.3, -0.25) is 9.59 Å². The molecule has 2 aromatic rings. The van der Waals surface area contributed by atoms with Crippen LogP contribution in [0.2, 0.25) is 0 Å². The summed E-state index contributed by atoms with van der Waals surface area (Å²) in [6, 6.07) is 4.20. The van der Waals surface area contributed by atoms with Crippen LogP contribution in [0, 0.1) is 0 Å². The number of benzene rings is 1. The molecule has 1 heterocycles. The highest BCUT2D eigenvalue weighted by Crippen LogP contribution is 2.16. The lowest BCUT2D eigenvalue weighted by Gasteiger charge is -2.08. The third-order valence-electron chi connectivity index (χ3n) is 2.99. The van der Waals surface area contributed by atoms with Gasteiger partial charge in [0.25, 0.3) is 11.5 Å². The molecule has 0 aliphatic rings. The third-order valence-corrected chi connectivity index (χ3v) is 3.55. The molecule has 0 radical (unpaired) electrons. The van der Waals surface area contributed by atoms with E-state index in [1.165, 1.54) is 11.8 Å². The molecule has 0 atom stereocenters. The van der Waals surface area contributed by atoms with Crippen LogP contribution < -0.4 is 10.9 Å². The number of thioether (sulfide) groups is 1.